The quantitative estimate of drug-likeness (QED) is 0.821. The lowest BCUT2D eigenvalue weighted by Gasteiger charge is -2.15. The van der Waals surface area contributed by atoms with Gasteiger partial charge in [-0.25, -0.2) is 0 Å². The number of benzene rings is 2. The first-order valence-electron chi connectivity index (χ1n) is 7.21. The molecule has 0 atom stereocenters. The van der Waals surface area contributed by atoms with E-state index in [1.807, 2.05) is 58.0 Å². The molecular formula is C18H20BrNO2. The summed E-state index contributed by atoms with van der Waals surface area (Å²) in [5.74, 6) is 0.409. The lowest BCUT2D eigenvalue weighted by molar-refractivity contribution is 0.102. The summed E-state index contributed by atoms with van der Waals surface area (Å²) in [5, 5.41) is 2.97. The smallest absolute Gasteiger partial charge is 0.259 e. The van der Waals surface area contributed by atoms with Crippen molar-refractivity contribution in [2.45, 2.75) is 33.8 Å². The predicted octanol–water partition coefficient (Wildman–Crippen LogP) is 5.11. The van der Waals surface area contributed by atoms with Gasteiger partial charge in [-0.3, -0.25) is 4.79 Å². The molecule has 0 fully saturated rings. The normalized spacial score (nSPS) is 10.6. The molecule has 1 amide bonds. The summed E-state index contributed by atoms with van der Waals surface area (Å²) in [7, 11) is 0. The number of anilines is 1. The van der Waals surface area contributed by atoms with Gasteiger partial charge in [-0.15, -0.1) is 0 Å². The third kappa shape index (κ3) is 4.10. The minimum atomic E-state index is -0.175. The summed E-state index contributed by atoms with van der Waals surface area (Å²) in [6.45, 7) is 7.85. The largest absolute Gasteiger partial charge is 0.490 e. The Morgan fingerprint density at radius 2 is 1.86 bits per heavy atom. The van der Waals surface area contributed by atoms with Crippen LogP contribution in [-0.4, -0.2) is 12.0 Å². The number of nitrogens with one attached hydrogen (secondary N) is 1. The van der Waals surface area contributed by atoms with Crippen LogP contribution in [0.5, 0.6) is 5.75 Å². The Balaban J connectivity index is 2.32. The number of carbonyl (C=O) groups excluding carboxylic acids is 1. The molecule has 116 valence electrons. The van der Waals surface area contributed by atoms with Crippen molar-refractivity contribution in [1.82, 2.24) is 0 Å². The third-order valence-electron chi connectivity index (χ3n) is 3.19. The molecular weight excluding hydrogens is 342 g/mol. The van der Waals surface area contributed by atoms with Crippen LogP contribution < -0.4 is 10.1 Å². The maximum atomic E-state index is 12.6. The van der Waals surface area contributed by atoms with E-state index in [0.717, 1.165) is 21.3 Å². The van der Waals surface area contributed by atoms with Gasteiger partial charge in [-0.1, -0.05) is 28.1 Å². The Bertz CT molecular complexity index is 695. The summed E-state index contributed by atoms with van der Waals surface area (Å²) >= 11 is 3.41. The Morgan fingerprint density at radius 1 is 1.14 bits per heavy atom. The van der Waals surface area contributed by atoms with Crippen LogP contribution in [0.25, 0.3) is 0 Å². The minimum Gasteiger partial charge on any atom is -0.490 e. The lowest BCUT2D eigenvalue weighted by Crippen LogP contribution is -2.16. The molecule has 1 N–H and O–H groups in total. The van der Waals surface area contributed by atoms with E-state index in [1.165, 1.54) is 0 Å². The second-order valence-corrected chi connectivity index (χ2v) is 6.50. The van der Waals surface area contributed by atoms with Gasteiger partial charge in [0, 0.05) is 10.2 Å². The molecule has 22 heavy (non-hydrogen) atoms. The summed E-state index contributed by atoms with van der Waals surface area (Å²) in [4.78, 5) is 12.6. The van der Waals surface area contributed by atoms with Crippen LogP contribution in [0.15, 0.2) is 40.9 Å². The second-order valence-electron chi connectivity index (χ2n) is 5.58. The van der Waals surface area contributed by atoms with Crippen LogP contribution in [0.1, 0.15) is 35.3 Å². The fourth-order valence-corrected chi connectivity index (χ4v) is 2.46. The molecule has 0 heterocycles. The molecule has 0 spiro atoms. The van der Waals surface area contributed by atoms with Gasteiger partial charge in [0.2, 0.25) is 0 Å². The Labute approximate surface area is 139 Å². The topological polar surface area (TPSA) is 38.3 Å². The number of carbonyl (C=O) groups is 1. The summed E-state index contributed by atoms with van der Waals surface area (Å²) < 4.78 is 6.57. The second kappa shape index (κ2) is 6.97. The van der Waals surface area contributed by atoms with Crippen LogP contribution in [0.3, 0.4) is 0 Å². The van der Waals surface area contributed by atoms with Crippen molar-refractivity contribution < 1.29 is 9.53 Å². The zero-order valence-corrected chi connectivity index (χ0v) is 14.8. The molecule has 2 aromatic carbocycles. The zero-order chi connectivity index (χ0) is 16.3. The van der Waals surface area contributed by atoms with Crippen molar-refractivity contribution in [3.05, 3.63) is 57.6 Å². The molecule has 0 bridgehead atoms. The highest BCUT2D eigenvalue weighted by Crippen LogP contribution is 2.26. The van der Waals surface area contributed by atoms with Gasteiger partial charge in [0.15, 0.2) is 0 Å². The van der Waals surface area contributed by atoms with Gasteiger partial charge in [-0.05, 0) is 63.1 Å². The zero-order valence-electron chi connectivity index (χ0n) is 13.2. The number of halogens is 1. The van der Waals surface area contributed by atoms with E-state index in [4.69, 9.17) is 4.74 Å². The monoisotopic (exact) mass is 361 g/mol. The Hall–Kier alpha value is -1.81. The first-order chi connectivity index (χ1) is 10.4. The molecule has 0 saturated carbocycles. The van der Waals surface area contributed by atoms with Crippen LogP contribution in [0, 0.1) is 13.8 Å². The Kier molecular flexibility index (Phi) is 5.24. The van der Waals surface area contributed by atoms with Crippen LogP contribution in [0.2, 0.25) is 0 Å². The average molecular weight is 362 g/mol. The van der Waals surface area contributed by atoms with Gasteiger partial charge in [0.1, 0.15) is 5.75 Å². The average Bonchev–Trinajstić information content (AvgIpc) is 2.44. The van der Waals surface area contributed by atoms with E-state index < -0.39 is 0 Å². The van der Waals surface area contributed by atoms with Crippen molar-refractivity contribution in [3.63, 3.8) is 0 Å². The van der Waals surface area contributed by atoms with Crippen LogP contribution >= 0.6 is 15.9 Å². The highest BCUT2D eigenvalue weighted by atomic mass is 79.9. The Morgan fingerprint density at radius 3 is 2.55 bits per heavy atom. The summed E-state index contributed by atoms with van der Waals surface area (Å²) in [5.41, 5.74) is 3.47. The van der Waals surface area contributed by atoms with Crippen molar-refractivity contribution in [2.75, 3.05) is 5.32 Å². The summed E-state index contributed by atoms with van der Waals surface area (Å²) in [6, 6.07) is 11.4. The number of aryl methyl sites for hydroxylation is 2. The van der Waals surface area contributed by atoms with E-state index in [2.05, 4.69) is 21.2 Å². The van der Waals surface area contributed by atoms with E-state index in [0.29, 0.717) is 11.3 Å². The fraction of sp³-hybridized carbons (Fsp3) is 0.278. The third-order valence-corrected chi connectivity index (χ3v) is 3.68. The molecule has 0 radical (unpaired) electrons. The van der Waals surface area contributed by atoms with Gasteiger partial charge in [0.25, 0.3) is 5.91 Å². The molecule has 2 aromatic rings. The molecule has 0 aliphatic carbocycles. The molecule has 4 heteroatoms. The SMILES string of the molecule is Cc1ccc(C)c(NC(=O)c2cc(Br)ccc2OC(C)C)c1. The van der Waals surface area contributed by atoms with Crippen molar-refractivity contribution in [2.24, 2.45) is 0 Å². The predicted molar refractivity (Wildman–Crippen MR) is 93.8 cm³/mol. The maximum Gasteiger partial charge on any atom is 0.259 e. The molecule has 0 aliphatic rings. The first-order valence-corrected chi connectivity index (χ1v) is 8.01. The molecule has 3 nitrogen and oxygen atoms in total. The lowest BCUT2D eigenvalue weighted by atomic mass is 10.1. The maximum absolute atomic E-state index is 12.6. The number of hydrogen-bond acceptors (Lipinski definition) is 2. The van der Waals surface area contributed by atoms with E-state index in [9.17, 15) is 4.79 Å². The number of rotatable bonds is 4. The standard InChI is InChI=1S/C18H20BrNO2/c1-11(2)22-17-8-7-14(19)10-15(17)18(21)20-16-9-12(3)5-6-13(16)4/h5-11H,1-4H3,(H,20,21). The van der Waals surface area contributed by atoms with Crippen LogP contribution in [-0.2, 0) is 0 Å². The highest BCUT2D eigenvalue weighted by molar-refractivity contribution is 9.10. The number of ether oxygens (including phenoxy) is 1. The molecule has 0 saturated heterocycles. The van der Waals surface area contributed by atoms with Crippen LogP contribution in [0.4, 0.5) is 5.69 Å². The number of amides is 1. The first kappa shape index (κ1) is 16.6. The van der Waals surface area contributed by atoms with Crippen molar-refractivity contribution in [3.8, 4) is 5.75 Å². The van der Waals surface area contributed by atoms with E-state index in [-0.39, 0.29) is 12.0 Å². The van der Waals surface area contributed by atoms with Gasteiger partial charge >= 0.3 is 0 Å². The molecule has 0 unspecified atom stereocenters. The molecule has 2 rings (SSSR count). The fourth-order valence-electron chi connectivity index (χ4n) is 2.10. The van der Waals surface area contributed by atoms with E-state index in [1.54, 1.807) is 6.07 Å². The van der Waals surface area contributed by atoms with Gasteiger partial charge in [0.05, 0.1) is 11.7 Å². The highest BCUT2D eigenvalue weighted by Gasteiger charge is 2.15. The molecule has 0 aliphatic heterocycles. The summed E-state index contributed by atoms with van der Waals surface area (Å²) in [6.07, 6.45) is 0.00781. The van der Waals surface area contributed by atoms with Crippen molar-refractivity contribution in [1.29, 1.82) is 0 Å². The molecule has 0 aromatic heterocycles. The van der Waals surface area contributed by atoms with Gasteiger partial charge in [-0.2, -0.15) is 0 Å². The minimum absolute atomic E-state index is 0.00781. The number of hydrogen-bond donors (Lipinski definition) is 1. The van der Waals surface area contributed by atoms with Gasteiger partial charge < -0.3 is 10.1 Å². The van der Waals surface area contributed by atoms with Crippen molar-refractivity contribution >= 4 is 27.5 Å². The van der Waals surface area contributed by atoms with E-state index >= 15 is 0 Å².